The van der Waals surface area contributed by atoms with Crippen molar-refractivity contribution in [2.24, 2.45) is 5.92 Å². The fourth-order valence-electron chi connectivity index (χ4n) is 6.15. The summed E-state index contributed by atoms with van der Waals surface area (Å²) in [6.07, 6.45) is 42.0. The summed E-state index contributed by atoms with van der Waals surface area (Å²) >= 11 is 0. The van der Waals surface area contributed by atoms with Crippen LogP contribution in [0.1, 0.15) is 214 Å². The Morgan fingerprint density at radius 2 is 0.605 bits per heavy atom. The third-order valence-corrected chi connectivity index (χ3v) is 8.86. The topological polar surface area (TPSA) is 3.24 Å². The lowest BCUT2D eigenvalue weighted by Gasteiger charge is -2.22. The van der Waals surface area contributed by atoms with Gasteiger partial charge in [0.15, 0.2) is 0 Å². The van der Waals surface area contributed by atoms with Crippen LogP contribution in [0.2, 0.25) is 0 Å². The lowest BCUT2D eigenvalue weighted by molar-refractivity contribution is 0.254. The first kappa shape index (κ1) is 38.0. The Bertz CT molecular complexity index is 382. The Labute approximate surface area is 244 Å². The van der Waals surface area contributed by atoms with E-state index in [2.05, 4.69) is 32.6 Å². The first-order chi connectivity index (χ1) is 18.7. The molecule has 0 saturated carbocycles. The van der Waals surface area contributed by atoms with Crippen LogP contribution in [0.4, 0.5) is 0 Å². The van der Waals surface area contributed by atoms with Crippen LogP contribution in [0.3, 0.4) is 0 Å². The van der Waals surface area contributed by atoms with Crippen LogP contribution in [-0.4, -0.2) is 24.5 Å². The van der Waals surface area contributed by atoms with Gasteiger partial charge in [-0.2, -0.15) is 0 Å². The summed E-state index contributed by atoms with van der Waals surface area (Å²) in [6, 6.07) is 0. The molecule has 1 heteroatoms. The fraction of sp³-hybridized carbons (Fsp3) is 1.00. The number of hydrogen-bond acceptors (Lipinski definition) is 1. The first-order valence-electron chi connectivity index (χ1n) is 18.5. The average molecular weight is 536 g/mol. The zero-order valence-corrected chi connectivity index (χ0v) is 27.7. The highest BCUT2D eigenvalue weighted by atomic mass is 15.1. The van der Waals surface area contributed by atoms with Gasteiger partial charge in [0.2, 0.25) is 0 Å². The summed E-state index contributed by atoms with van der Waals surface area (Å²) in [5, 5.41) is 0. The van der Waals surface area contributed by atoms with E-state index >= 15 is 0 Å². The van der Waals surface area contributed by atoms with Gasteiger partial charge in [-0.05, 0) is 44.8 Å². The van der Waals surface area contributed by atoms with Gasteiger partial charge in [0.25, 0.3) is 0 Å². The predicted molar refractivity (Wildman–Crippen MR) is 177 cm³/mol. The van der Waals surface area contributed by atoms with Crippen LogP contribution in [0, 0.1) is 5.92 Å². The highest BCUT2D eigenvalue weighted by molar-refractivity contribution is 4.61. The Balaban J connectivity index is 3.92. The van der Waals surface area contributed by atoms with Gasteiger partial charge in [0, 0.05) is 0 Å². The van der Waals surface area contributed by atoms with Crippen molar-refractivity contribution in [3.63, 3.8) is 0 Å². The minimum Gasteiger partial charge on any atom is -0.303 e. The van der Waals surface area contributed by atoms with Crippen molar-refractivity contribution < 1.29 is 0 Å². The van der Waals surface area contributed by atoms with Crippen LogP contribution in [-0.2, 0) is 0 Å². The summed E-state index contributed by atoms with van der Waals surface area (Å²) in [6.45, 7) is 13.5. The van der Waals surface area contributed by atoms with Crippen LogP contribution < -0.4 is 0 Å². The predicted octanol–water partition coefficient (Wildman–Crippen LogP) is 13.3. The molecule has 0 amide bonds. The normalized spacial score (nSPS) is 12.6. The largest absolute Gasteiger partial charge is 0.303 e. The van der Waals surface area contributed by atoms with Gasteiger partial charge < -0.3 is 4.90 Å². The molecule has 0 fully saturated rings. The van der Waals surface area contributed by atoms with Crippen molar-refractivity contribution in [2.75, 3.05) is 19.6 Å². The molecule has 1 atom stereocenters. The Hall–Kier alpha value is -0.0400. The quantitative estimate of drug-likeness (QED) is 0.0755. The molecule has 0 heterocycles. The number of nitrogens with zero attached hydrogens (tertiary/aromatic N) is 1. The van der Waals surface area contributed by atoms with Crippen molar-refractivity contribution in [1.82, 2.24) is 4.90 Å². The maximum absolute atomic E-state index is 2.85. The molecule has 0 N–H and O–H groups in total. The van der Waals surface area contributed by atoms with Crippen molar-refractivity contribution in [3.8, 4) is 0 Å². The molecule has 0 bridgehead atoms. The zero-order chi connectivity index (χ0) is 27.8. The van der Waals surface area contributed by atoms with E-state index in [4.69, 9.17) is 0 Å². The van der Waals surface area contributed by atoms with Gasteiger partial charge in [0.05, 0.1) is 0 Å². The second kappa shape index (κ2) is 33.2. The summed E-state index contributed by atoms with van der Waals surface area (Å²) in [5.74, 6) is 0.949. The van der Waals surface area contributed by atoms with Gasteiger partial charge in [-0.25, -0.2) is 0 Å². The Morgan fingerprint density at radius 3 is 0.921 bits per heavy atom. The third kappa shape index (κ3) is 30.5. The molecular formula is C37H77N. The van der Waals surface area contributed by atoms with Crippen LogP contribution in [0.15, 0.2) is 0 Å². The second-order valence-corrected chi connectivity index (χ2v) is 13.0. The molecule has 1 nitrogen and oxygen atoms in total. The summed E-state index contributed by atoms with van der Waals surface area (Å²) in [7, 11) is 0. The number of unbranched alkanes of at least 4 members (excludes halogenated alkanes) is 23. The van der Waals surface area contributed by atoms with Gasteiger partial charge in [-0.1, -0.05) is 195 Å². The number of rotatable bonds is 33. The monoisotopic (exact) mass is 536 g/mol. The minimum atomic E-state index is 0.949. The summed E-state index contributed by atoms with van der Waals surface area (Å²) < 4.78 is 0. The summed E-state index contributed by atoms with van der Waals surface area (Å²) in [5.41, 5.74) is 0. The lowest BCUT2D eigenvalue weighted by Crippen LogP contribution is -2.27. The molecule has 0 aliphatic carbocycles. The SMILES string of the molecule is CCCCCCCCCCCCN(CCCCCCCCCCCC)CCCCCCCCC(C)CCC. The maximum atomic E-state index is 2.85. The second-order valence-electron chi connectivity index (χ2n) is 13.0. The maximum Gasteiger partial charge on any atom is -0.00187 e. The van der Waals surface area contributed by atoms with Crippen molar-refractivity contribution in [1.29, 1.82) is 0 Å². The van der Waals surface area contributed by atoms with Crippen molar-refractivity contribution in [2.45, 2.75) is 214 Å². The zero-order valence-electron chi connectivity index (χ0n) is 27.7. The van der Waals surface area contributed by atoms with Gasteiger partial charge in [-0.15, -0.1) is 0 Å². The average Bonchev–Trinajstić information content (AvgIpc) is 2.91. The molecule has 0 aromatic carbocycles. The van der Waals surface area contributed by atoms with E-state index in [1.165, 1.54) is 206 Å². The highest BCUT2D eigenvalue weighted by Gasteiger charge is 2.06. The van der Waals surface area contributed by atoms with Crippen LogP contribution >= 0.6 is 0 Å². The third-order valence-electron chi connectivity index (χ3n) is 8.86. The molecule has 0 saturated heterocycles. The van der Waals surface area contributed by atoms with E-state index < -0.39 is 0 Å². The van der Waals surface area contributed by atoms with E-state index in [1.807, 2.05) is 0 Å². The standard InChI is InChI=1S/C37H77N/c1-5-8-10-12-14-16-18-21-25-29-34-38(35-30-26-22-19-17-15-13-11-9-6-2)36-31-27-23-20-24-28-33-37(4)32-7-3/h37H,5-36H2,1-4H3. The van der Waals surface area contributed by atoms with E-state index in [0.717, 1.165) is 5.92 Å². The van der Waals surface area contributed by atoms with Crippen LogP contribution in [0.25, 0.3) is 0 Å². The molecule has 0 radical (unpaired) electrons. The van der Waals surface area contributed by atoms with E-state index in [-0.39, 0.29) is 0 Å². The highest BCUT2D eigenvalue weighted by Crippen LogP contribution is 2.17. The smallest absolute Gasteiger partial charge is 0.00187 e. The minimum absolute atomic E-state index is 0.949. The lowest BCUT2D eigenvalue weighted by atomic mass is 9.98. The molecule has 0 aliphatic heterocycles. The van der Waals surface area contributed by atoms with Gasteiger partial charge >= 0.3 is 0 Å². The van der Waals surface area contributed by atoms with Crippen molar-refractivity contribution in [3.05, 3.63) is 0 Å². The molecule has 38 heavy (non-hydrogen) atoms. The molecule has 0 aromatic heterocycles. The van der Waals surface area contributed by atoms with Crippen molar-refractivity contribution >= 4 is 0 Å². The molecule has 230 valence electrons. The molecular weight excluding hydrogens is 458 g/mol. The summed E-state index contributed by atoms with van der Waals surface area (Å²) in [4.78, 5) is 2.85. The number of hydrogen-bond donors (Lipinski definition) is 0. The van der Waals surface area contributed by atoms with E-state index in [1.54, 1.807) is 0 Å². The van der Waals surface area contributed by atoms with E-state index in [0.29, 0.717) is 0 Å². The molecule has 1 unspecified atom stereocenters. The van der Waals surface area contributed by atoms with Crippen LogP contribution in [0.5, 0.6) is 0 Å². The Morgan fingerprint density at radius 1 is 0.316 bits per heavy atom. The first-order valence-corrected chi connectivity index (χ1v) is 18.5. The molecule has 0 rings (SSSR count). The molecule has 0 aromatic rings. The molecule has 0 spiro atoms. The van der Waals surface area contributed by atoms with Gasteiger partial charge in [0.1, 0.15) is 0 Å². The molecule has 0 aliphatic rings. The fourth-order valence-corrected chi connectivity index (χ4v) is 6.15. The van der Waals surface area contributed by atoms with E-state index in [9.17, 15) is 0 Å². The Kier molecular flexibility index (Phi) is 33.1. The van der Waals surface area contributed by atoms with Gasteiger partial charge in [-0.3, -0.25) is 0 Å².